The minimum atomic E-state index is -2.88. The highest BCUT2D eigenvalue weighted by molar-refractivity contribution is 8.00. The second-order valence-electron chi connectivity index (χ2n) is 3.39. The highest BCUT2D eigenvalue weighted by atomic mass is 32.2. The molecule has 0 aliphatic carbocycles. The second kappa shape index (κ2) is 6.27. The van der Waals surface area contributed by atoms with Gasteiger partial charge in [-0.15, -0.1) is 11.8 Å². The summed E-state index contributed by atoms with van der Waals surface area (Å²) in [7, 11) is -2.88. The molecule has 0 aliphatic rings. The molecular formula is C11H16O3S2. The normalized spacial score (nSPS) is 11.6. The average Bonchev–Trinajstić information content (AvgIpc) is 2.29. The van der Waals surface area contributed by atoms with Gasteiger partial charge in [0.05, 0.1) is 12.4 Å². The lowest BCUT2D eigenvalue weighted by molar-refractivity contribution is 0.281. The number of rotatable bonds is 6. The number of hydrogen-bond donors (Lipinski definition) is 1. The van der Waals surface area contributed by atoms with Crippen molar-refractivity contribution >= 4 is 21.6 Å². The molecule has 0 spiro atoms. The highest BCUT2D eigenvalue weighted by Gasteiger charge is 2.07. The van der Waals surface area contributed by atoms with Crippen LogP contribution in [0.25, 0.3) is 0 Å². The number of aliphatic hydroxyl groups excluding tert-OH is 1. The van der Waals surface area contributed by atoms with Gasteiger partial charge in [0.2, 0.25) is 0 Å². The molecule has 0 fully saturated rings. The quantitative estimate of drug-likeness (QED) is 0.791. The van der Waals surface area contributed by atoms with E-state index in [9.17, 15) is 8.42 Å². The van der Waals surface area contributed by atoms with Crippen molar-refractivity contribution in [2.75, 3.05) is 17.3 Å². The summed E-state index contributed by atoms with van der Waals surface area (Å²) in [6.07, 6.45) is 0. The van der Waals surface area contributed by atoms with E-state index < -0.39 is 9.84 Å². The van der Waals surface area contributed by atoms with Crippen LogP contribution in [0.1, 0.15) is 12.5 Å². The third-order valence-corrected chi connectivity index (χ3v) is 5.14. The summed E-state index contributed by atoms with van der Waals surface area (Å²) in [5, 5.41) is 8.95. The van der Waals surface area contributed by atoms with Crippen molar-refractivity contribution in [3.05, 3.63) is 29.8 Å². The minimum absolute atomic E-state index is 0.0155. The Morgan fingerprint density at radius 2 is 2.12 bits per heavy atom. The molecule has 0 saturated heterocycles. The van der Waals surface area contributed by atoms with Crippen molar-refractivity contribution in [1.82, 2.24) is 0 Å². The van der Waals surface area contributed by atoms with E-state index in [0.717, 1.165) is 10.5 Å². The Labute approximate surface area is 101 Å². The Morgan fingerprint density at radius 3 is 2.75 bits per heavy atom. The molecule has 0 aromatic heterocycles. The van der Waals surface area contributed by atoms with E-state index in [1.165, 1.54) is 11.8 Å². The lowest BCUT2D eigenvalue weighted by Gasteiger charge is -2.03. The summed E-state index contributed by atoms with van der Waals surface area (Å²) in [6, 6.07) is 7.50. The van der Waals surface area contributed by atoms with Crippen molar-refractivity contribution in [2.45, 2.75) is 18.4 Å². The number of benzene rings is 1. The molecule has 0 bridgehead atoms. The molecule has 0 saturated carbocycles. The molecule has 1 aromatic carbocycles. The number of thioether (sulfide) groups is 1. The van der Waals surface area contributed by atoms with Gasteiger partial charge in [-0.05, 0) is 17.7 Å². The summed E-state index contributed by atoms with van der Waals surface area (Å²) in [5.41, 5.74) is 0.850. The maximum Gasteiger partial charge on any atom is 0.150 e. The molecule has 1 N–H and O–H groups in total. The zero-order valence-electron chi connectivity index (χ0n) is 9.22. The summed E-state index contributed by atoms with van der Waals surface area (Å²) in [6.45, 7) is 1.67. The van der Waals surface area contributed by atoms with Crippen LogP contribution in [0, 0.1) is 0 Å². The van der Waals surface area contributed by atoms with E-state index >= 15 is 0 Å². The van der Waals surface area contributed by atoms with Crippen molar-refractivity contribution in [3.63, 3.8) is 0 Å². The smallest absolute Gasteiger partial charge is 0.150 e. The Bertz CT molecular complexity index is 427. The van der Waals surface area contributed by atoms with Crippen LogP contribution in [-0.2, 0) is 16.4 Å². The molecule has 0 heterocycles. The third kappa shape index (κ3) is 4.55. The zero-order chi connectivity index (χ0) is 12.0. The Hall–Kier alpha value is -0.520. The van der Waals surface area contributed by atoms with E-state index in [1.807, 2.05) is 24.3 Å². The van der Waals surface area contributed by atoms with Crippen molar-refractivity contribution in [1.29, 1.82) is 0 Å². The van der Waals surface area contributed by atoms with Gasteiger partial charge in [0.1, 0.15) is 0 Å². The van der Waals surface area contributed by atoms with Crippen LogP contribution < -0.4 is 0 Å². The van der Waals surface area contributed by atoms with Gasteiger partial charge in [-0.25, -0.2) is 8.42 Å². The van der Waals surface area contributed by atoms with E-state index in [0.29, 0.717) is 5.75 Å². The van der Waals surface area contributed by atoms with Crippen molar-refractivity contribution < 1.29 is 13.5 Å². The summed E-state index contributed by atoms with van der Waals surface area (Å²) in [4.78, 5) is 0.998. The Morgan fingerprint density at radius 1 is 1.38 bits per heavy atom. The molecule has 5 heteroatoms. The summed E-state index contributed by atoms with van der Waals surface area (Å²) >= 11 is 1.50. The lowest BCUT2D eigenvalue weighted by atomic mass is 10.2. The average molecular weight is 260 g/mol. The molecule has 3 nitrogen and oxygen atoms in total. The van der Waals surface area contributed by atoms with Crippen LogP contribution in [-0.4, -0.2) is 30.8 Å². The van der Waals surface area contributed by atoms with Gasteiger partial charge in [-0.3, -0.25) is 0 Å². The van der Waals surface area contributed by atoms with E-state index in [4.69, 9.17) is 5.11 Å². The fraction of sp³-hybridized carbons (Fsp3) is 0.455. The molecule has 0 amide bonds. The SMILES string of the molecule is CCS(=O)(=O)CCSc1cccc(CO)c1. The zero-order valence-corrected chi connectivity index (χ0v) is 10.9. The van der Waals surface area contributed by atoms with Crippen LogP contribution in [0.15, 0.2) is 29.2 Å². The molecule has 16 heavy (non-hydrogen) atoms. The highest BCUT2D eigenvalue weighted by Crippen LogP contribution is 2.19. The fourth-order valence-electron chi connectivity index (χ4n) is 1.16. The predicted octanol–water partition coefficient (Wildman–Crippen LogP) is 1.71. The Balaban J connectivity index is 2.49. The van der Waals surface area contributed by atoms with Crippen LogP contribution in [0.3, 0.4) is 0 Å². The van der Waals surface area contributed by atoms with Gasteiger partial charge >= 0.3 is 0 Å². The minimum Gasteiger partial charge on any atom is -0.392 e. The van der Waals surface area contributed by atoms with Gasteiger partial charge in [-0.2, -0.15) is 0 Å². The van der Waals surface area contributed by atoms with Crippen molar-refractivity contribution in [3.8, 4) is 0 Å². The first kappa shape index (κ1) is 13.5. The van der Waals surface area contributed by atoms with Crippen LogP contribution >= 0.6 is 11.8 Å². The predicted molar refractivity (Wildman–Crippen MR) is 67.4 cm³/mol. The van der Waals surface area contributed by atoms with Gasteiger partial charge in [0.15, 0.2) is 9.84 Å². The largest absolute Gasteiger partial charge is 0.392 e. The maximum absolute atomic E-state index is 11.3. The summed E-state index contributed by atoms with van der Waals surface area (Å²) < 4.78 is 22.5. The molecule has 0 atom stereocenters. The standard InChI is InChI=1S/C11H16O3S2/c1-2-16(13,14)7-6-15-11-5-3-4-10(8-11)9-12/h3-5,8,12H,2,6-7,9H2,1H3. The molecule has 0 radical (unpaired) electrons. The van der Waals surface area contributed by atoms with E-state index in [-0.39, 0.29) is 18.1 Å². The first-order chi connectivity index (χ1) is 7.57. The van der Waals surface area contributed by atoms with Gasteiger partial charge in [-0.1, -0.05) is 19.1 Å². The topological polar surface area (TPSA) is 54.4 Å². The molecule has 1 aromatic rings. The van der Waals surface area contributed by atoms with Gasteiger partial charge in [0.25, 0.3) is 0 Å². The van der Waals surface area contributed by atoms with Gasteiger partial charge in [0, 0.05) is 16.4 Å². The van der Waals surface area contributed by atoms with E-state index in [1.54, 1.807) is 6.92 Å². The first-order valence-corrected chi connectivity index (χ1v) is 7.91. The van der Waals surface area contributed by atoms with Gasteiger partial charge < -0.3 is 5.11 Å². The molecular weight excluding hydrogens is 244 g/mol. The molecule has 0 unspecified atom stereocenters. The molecule has 90 valence electrons. The first-order valence-electron chi connectivity index (χ1n) is 5.10. The molecule has 1 rings (SSSR count). The lowest BCUT2D eigenvalue weighted by Crippen LogP contribution is -2.10. The van der Waals surface area contributed by atoms with Crippen LogP contribution in [0.4, 0.5) is 0 Å². The van der Waals surface area contributed by atoms with Crippen LogP contribution in [0.5, 0.6) is 0 Å². The van der Waals surface area contributed by atoms with E-state index in [2.05, 4.69) is 0 Å². The molecule has 0 aliphatic heterocycles. The third-order valence-electron chi connectivity index (χ3n) is 2.18. The van der Waals surface area contributed by atoms with Crippen molar-refractivity contribution in [2.24, 2.45) is 0 Å². The Kier molecular flexibility index (Phi) is 5.31. The summed E-state index contributed by atoms with van der Waals surface area (Å²) in [5.74, 6) is 0.965. The monoisotopic (exact) mass is 260 g/mol. The number of sulfone groups is 1. The fourth-order valence-corrected chi connectivity index (χ4v) is 3.45. The number of hydrogen-bond acceptors (Lipinski definition) is 4. The number of aliphatic hydroxyl groups is 1. The maximum atomic E-state index is 11.3. The second-order valence-corrected chi connectivity index (χ2v) is 7.03. The van der Waals surface area contributed by atoms with Crippen LogP contribution in [0.2, 0.25) is 0 Å².